The quantitative estimate of drug-likeness (QED) is 0.879. The average molecular weight is 316 g/mol. The van der Waals surface area contributed by atoms with Crippen LogP contribution in [0, 0.1) is 0 Å². The van der Waals surface area contributed by atoms with E-state index in [-0.39, 0.29) is 18.0 Å². The van der Waals surface area contributed by atoms with Gasteiger partial charge in [0.15, 0.2) is 0 Å². The smallest absolute Gasteiger partial charge is 0.317 e. The first-order valence-corrected chi connectivity index (χ1v) is 8.14. The molecule has 1 saturated heterocycles. The van der Waals surface area contributed by atoms with E-state index >= 15 is 0 Å². The Hall–Kier alpha value is -2.24. The zero-order chi connectivity index (χ0) is 16.4. The minimum absolute atomic E-state index is 0.0389. The van der Waals surface area contributed by atoms with E-state index in [9.17, 15) is 9.59 Å². The number of urea groups is 1. The standard InChI is InChI=1S/C17H24N4O2/c1-12(22)19-14-10-21(11-14)17(23)18-9-13-7-8-20(2)16-6-4-3-5-15(13)16/h3-6,13-14H,7-11H2,1-2H3,(H,18,23)(H,19,22)/t13-/m1/s1. The third-order valence-electron chi connectivity index (χ3n) is 4.68. The van der Waals surface area contributed by atoms with E-state index in [1.54, 1.807) is 4.90 Å². The van der Waals surface area contributed by atoms with Crippen molar-refractivity contribution in [2.24, 2.45) is 0 Å². The van der Waals surface area contributed by atoms with E-state index in [0.717, 1.165) is 13.0 Å². The van der Waals surface area contributed by atoms with Gasteiger partial charge in [0.1, 0.15) is 0 Å². The summed E-state index contributed by atoms with van der Waals surface area (Å²) in [5.41, 5.74) is 2.56. The molecule has 0 saturated carbocycles. The number of para-hydroxylation sites is 1. The maximum atomic E-state index is 12.2. The van der Waals surface area contributed by atoms with Crippen LogP contribution in [-0.2, 0) is 4.79 Å². The fourth-order valence-corrected chi connectivity index (χ4v) is 3.36. The van der Waals surface area contributed by atoms with Gasteiger partial charge in [-0.1, -0.05) is 18.2 Å². The largest absolute Gasteiger partial charge is 0.374 e. The minimum Gasteiger partial charge on any atom is -0.374 e. The lowest BCUT2D eigenvalue weighted by molar-refractivity contribution is -0.120. The Morgan fingerprint density at radius 3 is 2.74 bits per heavy atom. The van der Waals surface area contributed by atoms with Crippen LogP contribution in [-0.4, -0.2) is 56.1 Å². The topological polar surface area (TPSA) is 64.7 Å². The normalized spacial score (nSPS) is 20.5. The average Bonchev–Trinajstić information content (AvgIpc) is 2.49. The lowest BCUT2D eigenvalue weighted by atomic mass is 9.90. The molecule has 1 fully saturated rings. The fourth-order valence-electron chi connectivity index (χ4n) is 3.36. The van der Waals surface area contributed by atoms with Gasteiger partial charge < -0.3 is 20.4 Å². The Kier molecular flexibility index (Phi) is 4.41. The number of nitrogens with zero attached hydrogens (tertiary/aromatic N) is 2. The van der Waals surface area contributed by atoms with Crippen LogP contribution in [0.25, 0.3) is 0 Å². The summed E-state index contributed by atoms with van der Waals surface area (Å²) in [6.07, 6.45) is 1.04. The zero-order valence-electron chi connectivity index (χ0n) is 13.7. The van der Waals surface area contributed by atoms with Gasteiger partial charge in [0.25, 0.3) is 0 Å². The second-order valence-electron chi connectivity index (χ2n) is 6.45. The van der Waals surface area contributed by atoms with E-state index in [1.165, 1.54) is 18.2 Å². The van der Waals surface area contributed by atoms with Crippen LogP contribution in [0.5, 0.6) is 0 Å². The highest BCUT2D eigenvalue weighted by atomic mass is 16.2. The molecule has 0 aliphatic carbocycles. The second kappa shape index (κ2) is 6.48. The number of carbonyl (C=O) groups excluding carboxylic acids is 2. The number of nitrogens with one attached hydrogen (secondary N) is 2. The number of rotatable bonds is 3. The molecule has 3 amide bonds. The molecule has 0 radical (unpaired) electrons. The van der Waals surface area contributed by atoms with Gasteiger partial charge in [0.05, 0.1) is 6.04 Å². The number of carbonyl (C=O) groups is 2. The molecule has 1 aromatic carbocycles. The van der Waals surface area contributed by atoms with Crippen LogP contribution in [0.3, 0.4) is 0 Å². The second-order valence-corrected chi connectivity index (χ2v) is 6.45. The predicted octanol–water partition coefficient (Wildman–Crippen LogP) is 1.14. The van der Waals surface area contributed by atoms with Crippen LogP contribution in [0.2, 0.25) is 0 Å². The molecule has 0 aromatic heterocycles. The molecule has 1 aromatic rings. The van der Waals surface area contributed by atoms with E-state index in [4.69, 9.17) is 0 Å². The highest BCUT2D eigenvalue weighted by Crippen LogP contribution is 2.33. The van der Waals surface area contributed by atoms with Crippen LogP contribution in [0.1, 0.15) is 24.8 Å². The van der Waals surface area contributed by atoms with Crippen LogP contribution < -0.4 is 15.5 Å². The number of fused-ring (bicyclic) bond motifs is 1. The third kappa shape index (κ3) is 3.41. The van der Waals surface area contributed by atoms with Gasteiger partial charge >= 0.3 is 6.03 Å². The van der Waals surface area contributed by atoms with Crippen molar-refractivity contribution in [2.45, 2.75) is 25.3 Å². The number of likely N-dealkylation sites (tertiary alicyclic amines) is 1. The highest BCUT2D eigenvalue weighted by molar-refractivity contribution is 5.77. The van der Waals surface area contributed by atoms with Crippen molar-refractivity contribution >= 4 is 17.6 Å². The van der Waals surface area contributed by atoms with Gasteiger partial charge in [-0.2, -0.15) is 0 Å². The van der Waals surface area contributed by atoms with E-state index in [2.05, 4.69) is 46.8 Å². The van der Waals surface area contributed by atoms with Crippen molar-refractivity contribution in [3.8, 4) is 0 Å². The summed E-state index contributed by atoms with van der Waals surface area (Å²) in [4.78, 5) is 27.1. The zero-order valence-corrected chi connectivity index (χ0v) is 13.7. The van der Waals surface area contributed by atoms with Crippen molar-refractivity contribution in [3.63, 3.8) is 0 Å². The molecular formula is C17H24N4O2. The molecule has 2 aliphatic heterocycles. The van der Waals surface area contributed by atoms with Gasteiger partial charge in [-0.15, -0.1) is 0 Å². The first-order chi connectivity index (χ1) is 11.0. The molecule has 0 spiro atoms. The summed E-state index contributed by atoms with van der Waals surface area (Å²) >= 11 is 0. The molecular weight excluding hydrogens is 292 g/mol. The summed E-state index contributed by atoms with van der Waals surface area (Å²) < 4.78 is 0. The highest BCUT2D eigenvalue weighted by Gasteiger charge is 2.31. The molecule has 124 valence electrons. The fraction of sp³-hybridized carbons (Fsp3) is 0.529. The molecule has 0 unspecified atom stereocenters. The van der Waals surface area contributed by atoms with Crippen LogP contribution in [0.15, 0.2) is 24.3 Å². The van der Waals surface area contributed by atoms with Crippen molar-refractivity contribution in [3.05, 3.63) is 29.8 Å². The molecule has 2 N–H and O–H groups in total. The Labute approximate surface area is 136 Å². The van der Waals surface area contributed by atoms with Gasteiger partial charge in [-0.25, -0.2) is 4.79 Å². The van der Waals surface area contributed by atoms with Crippen molar-refractivity contribution in [2.75, 3.05) is 38.1 Å². The van der Waals surface area contributed by atoms with E-state index in [0.29, 0.717) is 25.6 Å². The van der Waals surface area contributed by atoms with Crippen molar-refractivity contribution in [1.82, 2.24) is 15.5 Å². The van der Waals surface area contributed by atoms with Crippen molar-refractivity contribution < 1.29 is 9.59 Å². The first kappa shape index (κ1) is 15.6. The van der Waals surface area contributed by atoms with Crippen LogP contribution in [0.4, 0.5) is 10.5 Å². The van der Waals surface area contributed by atoms with Gasteiger partial charge in [0, 0.05) is 51.8 Å². The molecule has 2 heterocycles. The maximum Gasteiger partial charge on any atom is 0.317 e. The summed E-state index contributed by atoms with van der Waals surface area (Å²) in [7, 11) is 2.11. The summed E-state index contributed by atoms with van der Waals surface area (Å²) in [6, 6.07) is 8.46. The maximum absolute atomic E-state index is 12.2. The number of hydrogen-bond donors (Lipinski definition) is 2. The van der Waals surface area contributed by atoms with Crippen molar-refractivity contribution in [1.29, 1.82) is 0 Å². The third-order valence-corrected chi connectivity index (χ3v) is 4.68. The monoisotopic (exact) mass is 316 g/mol. The minimum atomic E-state index is -0.0435. The Bertz CT molecular complexity index is 598. The molecule has 23 heavy (non-hydrogen) atoms. The number of benzene rings is 1. The molecule has 6 heteroatoms. The predicted molar refractivity (Wildman–Crippen MR) is 89.6 cm³/mol. The lowest BCUT2D eigenvalue weighted by Crippen LogP contribution is -2.62. The summed E-state index contributed by atoms with van der Waals surface area (Å²) in [6.45, 7) is 4.35. The Morgan fingerprint density at radius 2 is 2.00 bits per heavy atom. The molecule has 6 nitrogen and oxygen atoms in total. The van der Waals surface area contributed by atoms with Gasteiger partial charge in [0.2, 0.25) is 5.91 Å². The molecule has 0 bridgehead atoms. The van der Waals surface area contributed by atoms with Crippen LogP contribution >= 0.6 is 0 Å². The van der Waals surface area contributed by atoms with Gasteiger partial charge in [-0.3, -0.25) is 4.79 Å². The Balaban J connectivity index is 1.51. The van der Waals surface area contributed by atoms with E-state index < -0.39 is 0 Å². The first-order valence-electron chi connectivity index (χ1n) is 8.14. The number of anilines is 1. The van der Waals surface area contributed by atoms with Gasteiger partial charge in [-0.05, 0) is 18.1 Å². The lowest BCUT2D eigenvalue weighted by Gasteiger charge is -2.40. The summed E-state index contributed by atoms with van der Waals surface area (Å²) in [5, 5.41) is 5.86. The number of amides is 3. The SMILES string of the molecule is CC(=O)NC1CN(C(=O)NC[C@H]2CCN(C)c3ccccc32)C1. The number of hydrogen-bond acceptors (Lipinski definition) is 3. The molecule has 1 atom stereocenters. The molecule has 2 aliphatic rings. The molecule has 3 rings (SSSR count). The van der Waals surface area contributed by atoms with E-state index in [1.807, 2.05) is 0 Å². The summed E-state index contributed by atoms with van der Waals surface area (Å²) in [5.74, 6) is 0.316. The Morgan fingerprint density at radius 1 is 1.26 bits per heavy atom.